The molecule has 1 aromatic rings. The predicted molar refractivity (Wildman–Crippen MR) is 96.7 cm³/mol. The lowest BCUT2D eigenvalue weighted by molar-refractivity contribution is -0.116. The molecule has 2 N–H and O–H groups in total. The smallest absolute Gasteiger partial charge is 0.256 e. The molecule has 0 saturated heterocycles. The van der Waals surface area contributed by atoms with Crippen molar-refractivity contribution in [2.24, 2.45) is 5.92 Å². The third kappa shape index (κ3) is 2.45. The second-order valence-electron chi connectivity index (χ2n) is 6.88. The third-order valence-corrected chi connectivity index (χ3v) is 5.93. The number of rotatable bonds is 1. The Bertz CT molecular complexity index is 647. The number of carbonyl (C=O) groups is 1. The average molecular weight is 411 g/mol. The number of carbonyl (C=O) groups excluding carboxylic acids is 1. The van der Waals surface area contributed by atoms with Crippen molar-refractivity contribution in [3.63, 3.8) is 0 Å². The van der Waals surface area contributed by atoms with Gasteiger partial charge >= 0.3 is 0 Å². The Hall–Kier alpha value is -1.04. The molecule has 1 aromatic carbocycles. The molecule has 2 aliphatic rings. The average Bonchev–Trinajstić information content (AvgIpc) is 2.66. The first kappa shape index (κ1) is 15.8. The fourth-order valence-electron chi connectivity index (χ4n) is 3.77. The van der Waals surface area contributed by atoms with Crippen LogP contribution in [0.5, 0.6) is 0 Å². The fraction of sp³-hybridized carbons (Fsp3) is 0.500. The van der Waals surface area contributed by atoms with E-state index in [0.29, 0.717) is 11.5 Å². The van der Waals surface area contributed by atoms with E-state index in [0.717, 1.165) is 40.4 Å². The van der Waals surface area contributed by atoms with Crippen molar-refractivity contribution in [3.8, 4) is 0 Å². The van der Waals surface area contributed by atoms with Gasteiger partial charge in [-0.2, -0.15) is 0 Å². The Morgan fingerprint density at radius 2 is 1.91 bits per heavy atom. The number of aliphatic hydroxyl groups is 1. The van der Waals surface area contributed by atoms with Crippen molar-refractivity contribution < 1.29 is 9.90 Å². The van der Waals surface area contributed by atoms with E-state index in [4.69, 9.17) is 0 Å². The highest BCUT2D eigenvalue weighted by Gasteiger charge is 2.47. The molecule has 0 radical (unpaired) electrons. The van der Waals surface area contributed by atoms with E-state index < -0.39 is 5.54 Å². The molecule has 22 heavy (non-hydrogen) atoms. The van der Waals surface area contributed by atoms with Gasteiger partial charge in [-0.1, -0.05) is 13.0 Å². The highest BCUT2D eigenvalue weighted by molar-refractivity contribution is 14.1. The Morgan fingerprint density at radius 3 is 2.50 bits per heavy atom. The lowest BCUT2D eigenvalue weighted by atomic mass is 9.76. The maximum atomic E-state index is 12.6. The van der Waals surface area contributed by atoms with E-state index >= 15 is 0 Å². The van der Waals surface area contributed by atoms with E-state index in [1.54, 1.807) is 0 Å². The van der Waals surface area contributed by atoms with Crippen molar-refractivity contribution in [3.05, 3.63) is 38.2 Å². The first-order chi connectivity index (χ1) is 10.3. The van der Waals surface area contributed by atoms with Gasteiger partial charge in [-0.25, -0.2) is 0 Å². The van der Waals surface area contributed by atoms with Gasteiger partial charge in [0.15, 0.2) is 0 Å². The summed E-state index contributed by atoms with van der Waals surface area (Å²) in [5.74, 6) is 0.798. The maximum Gasteiger partial charge on any atom is 0.256 e. The summed E-state index contributed by atoms with van der Waals surface area (Å²) in [6.45, 7) is 6.29. The van der Waals surface area contributed by atoms with Gasteiger partial charge in [0.1, 0.15) is 5.76 Å². The van der Waals surface area contributed by atoms with Crippen molar-refractivity contribution in [2.75, 3.05) is 0 Å². The molecular formula is C18H22INO2. The molecular weight excluding hydrogens is 389 g/mol. The maximum absolute atomic E-state index is 12.6. The highest BCUT2D eigenvalue weighted by atomic mass is 127. The lowest BCUT2D eigenvalue weighted by Crippen LogP contribution is -2.47. The predicted octanol–water partition coefficient (Wildman–Crippen LogP) is 4.26. The van der Waals surface area contributed by atoms with Gasteiger partial charge < -0.3 is 10.4 Å². The van der Waals surface area contributed by atoms with Crippen LogP contribution in [0.3, 0.4) is 0 Å². The van der Waals surface area contributed by atoms with Crippen LogP contribution >= 0.6 is 22.6 Å². The lowest BCUT2D eigenvalue weighted by Gasteiger charge is -2.36. The zero-order valence-corrected chi connectivity index (χ0v) is 15.5. The van der Waals surface area contributed by atoms with Crippen LogP contribution in [0.15, 0.2) is 17.9 Å². The first-order valence-electron chi connectivity index (χ1n) is 7.87. The molecule has 1 aliphatic heterocycles. The van der Waals surface area contributed by atoms with Crippen LogP contribution in [0.1, 0.15) is 49.3 Å². The minimum atomic E-state index is -0.528. The number of halogens is 1. The van der Waals surface area contributed by atoms with Crippen molar-refractivity contribution in [2.45, 2.75) is 52.0 Å². The SMILES string of the molecule is Cc1cc(C)c(C2=C(O)C3(CCC(C)CC3)NC2=O)c(I)c1. The molecule has 0 atom stereocenters. The molecule has 1 aliphatic carbocycles. The van der Waals surface area contributed by atoms with Gasteiger partial charge in [-0.3, -0.25) is 4.79 Å². The van der Waals surface area contributed by atoms with Gasteiger partial charge in [-0.05, 0) is 85.2 Å². The topological polar surface area (TPSA) is 49.3 Å². The number of hydrogen-bond donors (Lipinski definition) is 2. The number of aryl methyl sites for hydroxylation is 2. The summed E-state index contributed by atoms with van der Waals surface area (Å²) in [6, 6.07) is 4.13. The van der Waals surface area contributed by atoms with E-state index in [1.807, 2.05) is 13.8 Å². The Labute approximate surface area is 145 Å². The van der Waals surface area contributed by atoms with Crippen molar-refractivity contribution in [1.82, 2.24) is 5.32 Å². The van der Waals surface area contributed by atoms with Gasteiger partial charge in [0.2, 0.25) is 0 Å². The second kappa shape index (κ2) is 5.55. The molecule has 1 spiro atoms. The number of nitrogens with one attached hydrogen (secondary N) is 1. The Balaban J connectivity index is 2.10. The van der Waals surface area contributed by atoms with E-state index in [1.165, 1.54) is 5.56 Å². The number of aliphatic hydroxyl groups excluding tert-OH is 1. The summed E-state index contributed by atoms with van der Waals surface area (Å²) in [7, 11) is 0. The molecule has 0 bridgehead atoms. The molecule has 1 amide bonds. The number of benzene rings is 1. The monoisotopic (exact) mass is 411 g/mol. The van der Waals surface area contributed by atoms with Crippen LogP contribution < -0.4 is 5.32 Å². The Morgan fingerprint density at radius 1 is 1.27 bits per heavy atom. The summed E-state index contributed by atoms with van der Waals surface area (Å²) in [6.07, 6.45) is 3.75. The van der Waals surface area contributed by atoms with Crippen molar-refractivity contribution >= 4 is 34.1 Å². The summed E-state index contributed by atoms with van der Waals surface area (Å²) in [5.41, 5.74) is 3.06. The highest BCUT2D eigenvalue weighted by Crippen LogP contribution is 2.44. The van der Waals surface area contributed by atoms with Crippen LogP contribution in [0.25, 0.3) is 5.57 Å². The molecule has 1 fully saturated rings. The summed E-state index contributed by atoms with van der Waals surface area (Å²) in [4.78, 5) is 12.6. The molecule has 1 saturated carbocycles. The van der Waals surface area contributed by atoms with Crippen LogP contribution in [-0.4, -0.2) is 16.6 Å². The zero-order chi connectivity index (χ0) is 16.1. The summed E-state index contributed by atoms with van der Waals surface area (Å²) in [5, 5.41) is 14.0. The molecule has 4 heteroatoms. The van der Waals surface area contributed by atoms with E-state index in [9.17, 15) is 9.90 Å². The third-order valence-electron chi connectivity index (χ3n) is 5.08. The minimum Gasteiger partial charge on any atom is -0.509 e. The Kier molecular flexibility index (Phi) is 4.00. The molecule has 118 valence electrons. The van der Waals surface area contributed by atoms with Gasteiger partial charge in [0, 0.05) is 9.13 Å². The van der Waals surface area contributed by atoms with E-state index in [-0.39, 0.29) is 11.7 Å². The molecule has 0 aromatic heterocycles. The molecule has 1 heterocycles. The molecule has 3 rings (SSSR count). The van der Waals surface area contributed by atoms with Gasteiger partial charge in [0.25, 0.3) is 5.91 Å². The summed E-state index contributed by atoms with van der Waals surface area (Å²) >= 11 is 2.26. The molecule has 0 unspecified atom stereocenters. The fourth-order valence-corrected chi connectivity index (χ4v) is 4.95. The van der Waals surface area contributed by atoms with Gasteiger partial charge in [0.05, 0.1) is 11.1 Å². The summed E-state index contributed by atoms with van der Waals surface area (Å²) < 4.78 is 1.02. The number of amides is 1. The minimum absolute atomic E-state index is 0.128. The van der Waals surface area contributed by atoms with Gasteiger partial charge in [-0.15, -0.1) is 0 Å². The number of hydrogen-bond acceptors (Lipinski definition) is 2. The standard InChI is InChI=1S/C18H22INO2/c1-10-4-6-18(7-5-10)16(21)15(17(22)20-18)14-12(3)8-11(2)9-13(14)19/h8-10,21H,4-7H2,1-3H3,(H,20,22). The van der Waals surface area contributed by atoms with Crippen LogP contribution in [0.2, 0.25) is 0 Å². The zero-order valence-electron chi connectivity index (χ0n) is 13.3. The van der Waals surface area contributed by atoms with Crippen LogP contribution in [0.4, 0.5) is 0 Å². The first-order valence-corrected chi connectivity index (χ1v) is 8.95. The van der Waals surface area contributed by atoms with E-state index in [2.05, 4.69) is 47.0 Å². The quantitative estimate of drug-likeness (QED) is 0.679. The van der Waals surface area contributed by atoms with Crippen LogP contribution in [-0.2, 0) is 4.79 Å². The van der Waals surface area contributed by atoms with Crippen molar-refractivity contribution in [1.29, 1.82) is 0 Å². The largest absolute Gasteiger partial charge is 0.509 e. The normalized spacial score (nSPS) is 28.4. The second-order valence-corrected chi connectivity index (χ2v) is 8.04. The molecule has 3 nitrogen and oxygen atoms in total. The van der Waals surface area contributed by atoms with Crippen LogP contribution in [0, 0.1) is 23.3 Å².